The van der Waals surface area contributed by atoms with Crippen molar-refractivity contribution in [1.82, 2.24) is 0 Å². The summed E-state index contributed by atoms with van der Waals surface area (Å²) in [6.45, 7) is 0. The number of carbonyl (C=O) groups is 4. The summed E-state index contributed by atoms with van der Waals surface area (Å²) >= 11 is 6.61. The van der Waals surface area contributed by atoms with Crippen molar-refractivity contribution in [3.63, 3.8) is 0 Å². The van der Waals surface area contributed by atoms with E-state index in [4.69, 9.17) is 16.3 Å². The van der Waals surface area contributed by atoms with E-state index in [1.54, 1.807) is 36.4 Å². The van der Waals surface area contributed by atoms with Gasteiger partial charge < -0.3 is 9.84 Å². The second kappa shape index (κ2) is 12.4. The minimum atomic E-state index is -1.50. The monoisotopic (exact) mass is 714 g/mol. The van der Waals surface area contributed by atoms with Crippen LogP contribution in [-0.4, -0.2) is 40.5 Å². The highest BCUT2D eigenvalue weighted by Gasteiger charge is 2.66. The SMILES string of the molecule is COc1cc([C@H]2C3=CC[C@@H]4C(=O)N(c5cccc([N+](=O)[O-])c5)C(=O)[C@@H]4[C@@H]3C[C@H]3C(=O)C(c4ccccc4)=CC(=O)[C@@]23c2ccccc2)cc(Cl)c1O. The molecule has 11 heteroatoms. The number of non-ortho nitro benzene ring substituents is 1. The maximum atomic E-state index is 15.2. The van der Waals surface area contributed by atoms with Crippen LogP contribution in [0.4, 0.5) is 11.4 Å². The molecule has 1 saturated carbocycles. The van der Waals surface area contributed by atoms with Crippen molar-refractivity contribution >= 4 is 51.9 Å². The minimum absolute atomic E-state index is 0.0235. The van der Waals surface area contributed by atoms with Gasteiger partial charge in [-0.1, -0.05) is 90.0 Å². The van der Waals surface area contributed by atoms with Gasteiger partial charge in [0.15, 0.2) is 23.1 Å². The van der Waals surface area contributed by atoms with Crippen molar-refractivity contribution in [3.8, 4) is 11.5 Å². The summed E-state index contributed by atoms with van der Waals surface area (Å²) in [5.74, 6) is -6.02. The lowest BCUT2D eigenvalue weighted by Crippen LogP contribution is -2.58. The number of Topliss-reactive ketones (excluding diaryl/α,β-unsaturated/α-hetero) is 1. The molecule has 0 bridgehead atoms. The minimum Gasteiger partial charge on any atom is -0.503 e. The third-order valence-corrected chi connectivity index (χ3v) is 11.6. The van der Waals surface area contributed by atoms with E-state index >= 15 is 9.59 Å². The van der Waals surface area contributed by atoms with Crippen LogP contribution in [0.2, 0.25) is 5.02 Å². The van der Waals surface area contributed by atoms with Gasteiger partial charge in [-0.05, 0) is 59.7 Å². The van der Waals surface area contributed by atoms with Gasteiger partial charge in [-0.3, -0.25) is 29.3 Å². The molecule has 4 aromatic rings. The summed E-state index contributed by atoms with van der Waals surface area (Å²) in [5.41, 5.74) is 0.972. The number of anilines is 1. The van der Waals surface area contributed by atoms with Crippen molar-refractivity contribution in [3.05, 3.63) is 147 Å². The van der Waals surface area contributed by atoms with Crippen LogP contribution in [0.25, 0.3) is 5.57 Å². The maximum absolute atomic E-state index is 15.2. The molecule has 1 heterocycles. The lowest BCUT2D eigenvalue weighted by atomic mass is 9.44. The Hall–Kier alpha value is -5.87. The van der Waals surface area contributed by atoms with Crippen LogP contribution in [0.15, 0.2) is 115 Å². The molecule has 8 rings (SSSR count). The number of allylic oxidation sites excluding steroid dienone is 4. The van der Waals surface area contributed by atoms with Gasteiger partial charge in [-0.25, -0.2) is 4.90 Å². The molecule has 6 atom stereocenters. The second-order valence-electron chi connectivity index (χ2n) is 13.6. The van der Waals surface area contributed by atoms with E-state index in [1.807, 2.05) is 42.5 Å². The summed E-state index contributed by atoms with van der Waals surface area (Å²) in [6, 6.07) is 26.6. The Balaban J connectivity index is 1.37. The van der Waals surface area contributed by atoms with Gasteiger partial charge in [0, 0.05) is 29.5 Å². The number of methoxy groups -OCH3 is 1. The Morgan fingerprint density at radius 1 is 0.904 bits per heavy atom. The van der Waals surface area contributed by atoms with E-state index < -0.39 is 51.7 Å². The zero-order valence-corrected chi connectivity index (χ0v) is 28.5. The maximum Gasteiger partial charge on any atom is 0.271 e. The highest BCUT2D eigenvalue weighted by atomic mass is 35.5. The number of fused-ring (bicyclic) bond motifs is 4. The summed E-state index contributed by atoms with van der Waals surface area (Å²) in [7, 11) is 1.38. The number of nitro groups is 1. The molecule has 260 valence electrons. The number of phenolic OH excluding ortho intramolecular Hbond substituents is 1. The number of halogens is 1. The van der Waals surface area contributed by atoms with Crippen LogP contribution in [0, 0.1) is 33.8 Å². The van der Waals surface area contributed by atoms with Crippen LogP contribution in [0.1, 0.15) is 35.4 Å². The van der Waals surface area contributed by atoms with Crippen molar-refractivity contribution in [2.24, 2.45) is 23.7 Å². The Kier molecular flexibility index (Phi) is 7.95. The molecular weight excluding hydrogens is 684 g/mol. The third kappa shape index (κ3) is 4.77. The van der Waals surface area contributed by atoms with E-state index in [0.717, 1.165) is 4.90 Å². The number of nitrogens with zero attached hydrogens (tertiary/aromatic N) is 2. The zero-order chi connectivity index (χ0) is 36.5. The van der Waals surface area contributed by atoms with Crippen LogP contribution in [0.5, 0.6) is 11.5 Å². The molecule has 1 saturated heterocycles. The fraction of sp³-hybridized carbons (Fsp3) is 0.220. The number of rotatable bonds is 6. The fourth-order valence-corrected chi connectivity index (χ4v) is 9.38. The van der Waals surface area contributed by atoms with Gasteiger partial charge in [0.2, 0.25) is 11.8 Å². The number of phenols is 1. The quantitative estimate of drug-likeness (QED) is 0.0974. The normalized spacial score (nSPS) is 26.6. The molecule has 2 amide bonds. The first-order valence-electron chi connectivity index (χ1n) is 16.9. The third-order valence-electron chi connectivity index (χ3n) is 11.3. The summed E-state index contributed by atoms with van der Waals surface area (Å²) in [4.78, 5) is 70.9. The first-order chi connectivity index (χ1) is 25.1. The molecule has 1 aliphatic heterocycles. The molecule has 1 N–H and O–H groups in total. The van der Waals surface area contributed by atoms with E-state index in [9.17, 15) is 24.8 Å². The number of ether oxygens (including phenoxy) is 1. The molecular formula is C41H31ClN2O8. The van der Waals surface area contributed by atoms with Crippen molar-refractivity contribution in [2.45, 2.75) is 24.2 Å². The molecule has 4 aliphatic rings. The molecule has 3 aliphatic carbocycles. The van der Waals surface area contributed by atoms with E-state index in [0.29, 0.717) is 22.3 Å². The predicted octanol–water partition coefficient (Wildman–Crippen LogP) is 6.99. The first kappa shape index (κ1) is 33.3. The summed E-state index contributed by atoms with van der Waals surface area (Å²) in [6.07, 6.45) is 3.57. The first-order valence-corrected chi connectivity index (χ1v) is 17.3. The topological polar surface area (TPSA) is 144 Å². The number of hydrogen-bond acceptors (Lipinski definition) is 8. The molecule has 0 radical (unpaired) electrons. The number of aromatic hydroxyl groups is 1. The Labute approximate surface area is 303 Å². The van der Waals surface area contributed by atoms with Crippen LogP contribution in [0.3, 0.4) is 0 Å². The standard InChI is InChI=1S/C41H31ClN2O8/c1-52-33-18-23(17-32(42)38(33)47)36-27-15-16-28-35(40(49)43(39(28)48)25-13-8-14-26(19-25)44(50)51)30(27)20-31-37(46)29(22-9-4-2-5-10-22)21-34(45)41(31,36)24-11-6-3-7-12-24/h2-15,17-19,21,28,30-31,35-36,47H,16,20H2,1H3/t28-,30+,31-,35-,36-,41-/m0/s1. The Morgan fingerprint density at radius 2 is 1.62 bits per heavy atom. The smallest absolute Gasteiger partial charge is 0.271 e. The average molecular weight is 715 g/mol. The summed E-state index contributed by atoms with van der Waals surface area (Å²) < 4.78 is 5.51. The number of amides is 2. The van der Waals surface area contributed by atoms with Crippen molar-refractivity contribution in [1.29, 1.82) is 0 Å². The number of hydrogen-bond donors (Lipinski definition) is 1. The van der Waals surface area contributed by atoms with Gasteiger partial charge in [-0.2, -0.15) is 0 Å². The van der Waals surface area contributed by atoms with Gasteiger partial charge in [0.25, 0.3) is 5.69 Å². The van der Waals surface area contributed by atoms with Crippen molar-refractivity contribution in [2.75, 3.05) is 12.0 Å². The lowest BCUT2D eigenvalue weighted by Gasteiger charge is -2.55. The highest BCUT2D eigenvalue weighted by Crippen LogP contribution is 2.64. The van der Waals surface area contributed by atoms with E-state index in [1.165, 1.54) is 37.5 Å². The van der Waals surface area contributed by atoms with Gasteiger partial charge >= 0.3 is 0 Å². The summed E-state index contributed by atoms with van der Waals surface area (Å²) in [5, 5.41) is 22.4. The Morgan fingerprint density at radius 3 is 2.31 bits per heavy atom. The number of benzene rings is 4. The number of carbonyl (C=O) groups excluding carboxylic acids is 4. The van der Waals surface area contributed by atoms with Crippen LogP contribution >= 0.6 is 11.6 Å². The second-order valence-corrected chi connectivity index (χ2v) is 14.0. The highest BCUT2D eigenvalue weighted by molar-refractivity contribution is 6.33. The number of imide groups is 1. The number of nitro benzene ring substituents is 1. The van der Waals surface area contributed by atoms with Crippen molar-refractivity contribution < 1.29 is 33.9 Å². The molecule has 4 aromatic carbocycles. The average Bonchev–Trinajstić information content (AvgIpc) is 3.42. The van der Waals surface area contributed by atoms with Crippen LogP contribution < -0.4 is 9.64 Å². The molecule has 2 fully saturated rings. The molecule has 0 aromatic heterocycles. The molecule has 52 heavy (non-hydrogen) atoms. The van der Waals surface area contributed by atoms with Crippen LogP contribution in [-0.2, 0) is 24.6 Å². The van der Waals surface area contributed by atoms with E-state index in [2.05, 4.69) is 0 Å². The van der Waals surface area contributed by atoms with Gasteiger partial charge in [-0.15, -0.1) is 0 Å². The molecule has 0 unspecified atom stereocenters. The lowest BCUT2D eigenvalue weighted by molar-refractivity contribution is -0.384. The van der Waals surface area contributed by atoms with Gasteiger partial charge in [0.1, 0.15) is 0 Å². The fourth-order valence-electron chi connectivity index (χ4n) is 9.17. The zero-order valence-electron chi connectivity index (χ0n) is 27.8. The predicted molar refractivity (Wildman–Crippen MR) is 192 cm³/mol. The van der Waals surface area contributed by atoms with E-state index in [-0.39, 0.29) is 57.9 Å². The molecule has 10 nitrogen and oxygen atoms in total. The Bertz CT molecular complexity index is 2270. The van der Waals surface area contributed by atoms with Gasteiger partial charge in [0.05, 0.1) is 40.0 Å². The molecule has 0 spiro atoms. The largest absolute Gasteiger partial charge is 0.503 e. The number of ketones is 2.